The van der Waals surface area contributed by atoms with Gasteiger partial charge >= 0.3 is 49.1 Å². The molecule has 0 aromatic heterocycles. The molecular formula is HBiMoS2. The Bertz CT molecular complexity index is 75.4. The van der Waals surface area contributed by atoms with Crippen molar-refractivity contribution < 1.29 is 8.84 Å². The Balaban J connectivity index is 4.65. The first kappa shape index (κ1) is 6.01. The molecule has 0 aromatic carbocycles. The van der Waals surface area contributed by atoms with Crippen LogP contribution in [0.5, 0.6) is 0 Å². The van der Waals surface area contributed by atoms with Crippen LogP contribution in [-0.2, 0) is 8.84 Å². The Morgan fingerprint density at radius 1 is 1.50 bits per heavy atom. The molecule has 0 unspecified atom stereocenters. The van der Waals surface area contributed by atoms with E-state index in [0.29, 0.717) is 0 Å². The van der Waals surface area contributed by atoms with Gasteiger partial charge in [-0.25, -0.2) is 0 Å². The molecule has 24 valence electrons. The van der Waals surface area contributed by atoms with E-state index in [4.69, 9.17) is 0 Å². The SMILES string of the molecule is [S]=[Mo](=[S])=[BiH]. The maximum absolute atomic E-state index is 4.67. The molecule has 0 amide bonds. The topological polar surface area (TPSA) is 0 Å². The van der Waals surface area contributed by atoms with Crippen LogP contribution in [0, 0.1) is 0 Å². The van der Waals surface area contributed by atoms with Gasteiger partial charge in [-0.2, -0.15) is 0 Å². The van der Waals surface area contributed by atoms with Crippen molar-refractivity contribution in [2.75, 3.05) is 0 Å². The average Bonchev–Trinajstić information content (AvgIpc) is 0.811. The second-order valence-corrected chi connectivity index (χ2v) is 29.6. The molecule has 0 saturated carbocycles. The second-order valence-electron chi connectivity index (χ2n) is 0.235. The van der Waals surface area contributed by atoms with Crippen LogP contribution < -0.4 is 0 Å². The molecule has 0 aliphatic rings. The van der Waals surface area contributed by atoms with Gasteiger partial charge in [0.05, 0.1) is 0 Å². The number of hydrogen-bond donors (Lipinski definition) is 0. The van der Waals surface area contributed by atoms with Gasteiger partial charge in [-0.3, -0.25) is 0 Å². The van der Waals surface area contributed by atoms with Crippen molar-refractivity contribution in [2.45, 2.75) is 0 Å². The molecule has 0 rings (SSSR count). The van der Waals surface area contributed by atoms with Crippen LogP contribution in [0.25, 0.3) is 0 Å². The predicted octanol–water partition coefficient (Wildman–Crippen LogP) is 0.645. The molecule has 0 aliphatic carbocycles. The third kappa shape index (κ3) is 8.99. The van der Waals surface area contributed by atoms with Crippen molar-refractivity contribution in [1.29, 1.82) is 0 Å². The van der Waals surface area contributed by atoms with E-state index >= 15 is 0 Å². The quantitative estimate of drug-likeness (QED) is 0.575. The first-order chi connectivity index (χ1) is 1.73. The Kier molecular flexibility index (Phi) is 4.83. The van der Waals surface area contributed by atoms with E-state index in [1.807, 2.05) is 0 Å². The summed E-state index contributed by atoms with van der Waals surface area (Å²) < 4.78 is 0. The Labute approximate surface area is 48.3 Å². The molecule has 0 radical (unpaired) electrons. The van der Waals surface area contributed by atoms with Crippen LogP contribution in [0.3, 0.4) is 0 Å². The van der Waals surface area contributed by atoms with Crippen molar-refractivity contribution in [3.05, 3.63) is 0 Å². The fourth-order valence-electron chi connectivity index (χ4n) is 0. The van der Waals surface area contributed by atoms with Crippen molar-refractivity contribution in [3.63, 3.8) is 0 Å². The van der Waals surface area contributed by atoms with Gasteiger partial charge in [-0.15, -0.1) is 0 Å². The van der Waals surface area contributed by atoms with Crippen molar-refractivity contribution in [2.24, 2.45) is 0 Å². The zero-order chi connectivity index (χ0) is 3.58. The third-order valence-electron chi connectivity index (χ3n) is 0. The summed E-state index contributed by atoms with van der Waals surface area (Å²) in [6.07, 6.45) is 0. The standard InChI is InChI=1S/Bi.Mo.2S.H. The normalized spacial score (nSPS) is 6.00. The zero-order valence-electron chi connectivity index (χ0n) is 1.72. The minimum atomic E-state index is -1.05. The fraction of sp³-hybridized carbons (Fsp3) is 0. The molecule has 0 spiro atoms. The second kappa shape index (κ2) is 3.21. The molecule has 0 fully saturated rings. The van der Waals surface area contributed by atoms with Gasteiger partial charge in [-0.05, 0) is 0 Å². The van der Waals surface area contributed by atoms with Crippen LogP contribution in [0.15, 0.2) is 0 Å². The van der Waals surface area contributed by atoms with Gasteiger partial charge in [0.25, 0.3) is 0 Å². The molecule has 0 nitrogen and oxygen atoms in total. The summed E-state index contributed by atoms with van der Waals surface area (Å²) in [7, 11) is 8.28. The van der Waals surface area contributed by atoms with Gasteiger partial charge in [0.1, 0.15) is 0 Å². The van der Waals surface area contributed by atoms with Crippen LogP contribution in [0.1, 0.15) is 0 Å². The van der Waals surface area contributed by atoms with Crippen molar-refractivity contribution >= 4 is 40.3 Å². The summed E-state index contributed by atoms with van der Waals surface area (Å²) in [5.41, 5.74) is 0. The van der Waals surface area contributed by atoms with E-state index in [-0.39, 0.29) is 0 Å². The van der Waals surface area contributed by atoms with Gasteiger partial charge in [0.15, 0.2) is 0 Å². The Morgan fingerprint density at radius 3 is 1.50 bits per heavy atom. The molecule has 0 atom stereocenters. The van der Waals surface area contributed by atoms with Gasteiger partial charge < -0.3 is 0 Å². The Morgan fingerprint density at radius 2 is 1.50 bits per heavy atom. The Hall–Kier alpha value is 2.01. The van der Waals surface area contributed by atoms with Gasteiger partial charge in [0.2, 0.25) is 0 Å². The summed E-state index contributed by atoms with van der Waals surface area (Å²) in [5.74, 6) is 0. The van der Waals surface area contributed by atoms with E-state index in [9.17, 15) is 0 Å². The van der Waals surface area contributed by atoms with E-state index in [0.717, 1.165) is 20.7 Å². The van der Waals surface area contributed by atoms with Gasteiger partial charge in [-0.1, -0.05) is 0 Å². The molecular weight excluding hydrogens is 369 g/mol. The number of rotatable bonds is 0. The maximum atomic E-state index is 4.67. The molecule has 0 saturated heterocycles. The van der Waals surface area contributed by atoms with E-state index in [2.05, 4.69) is 19.6 Å². The molecule has 0 aliphatic heterocycles. The predicted molar refractivity (Wildman–Crippen MR) is 22.3 cm³/mol. The van der Waals surface area contributed by atoms with E-state index < -0.39 is 8.84 Å². The average molecular weight is 370 g/mol. The van der Waals surface area contributed by atoms with Crippen LogP contribution in [-0.4, -0.2) is 20.7 Å². The summed E-state index contributed by atoms with van der Waals surface area (Å²) in [6.45, 7) is 0. The van der Waals surface area contributed by atoms with E-state index in [1.54, 1.807) is 0 Å². The first-order valence-corrected chi connectivity index (χ1v) is 16.5. The van der Waals surface area contributed by atoms with Crippen LogP contribution >= 0.6 is 19.6 Å². The summed E-state index contributed by atoms with van der Waals surface area (Å²) in [4.78, 5) is 0. The van der Waals surface area contributed by atoms with Crippen LogP contribution in [0.4, 0.5) is 0 Å². The summed E-state index contributed by atoms with van der Waals surface area (Å²) in [6, 6.07) is 0. The molecule has 0 aromatic rings. The van der Waals surface area contributed by atoms with Crippen molar-refractivity contribution in [3.8, 4) is 0 Å². The first-order valence-electron chi connectivity index (χ1n) is 0.537. The fourth-order valence-corrected chi connectivity index (χ4v) is 0. The molecule has 4 heteroatoms. The zero-order valence-corrected chi connectivity index (χ0v) is 9.25. The van der Waals surface area contributed by atoms with E-state index in [1.165, 1.54) is 0 Å². The molecule has 0 heterocycles. The monoisotopic (exact) mass is 372 g/mol. The third-order valence-corrected chi connectivity index (χ3v) is 0. The van der Waals surface area contributed by atoms with Crippen molar-refractivity contribution in [1.82, 2.24) is 0 Å². The summed E-state index contributed by atoms with van der Waals surface area (Å²) in [5, 5.41) is 0. The minimum absolute atomic E-state index is 1.05. The molecule has 0 N–H and O–H groups in total. The number of hydrogen-bond acceptors (Lipinski definition) is 2. The van der Waals surface area contributed by atoms with Gasteiger partial charge in [0, 0.05) is 0 Å². The summed E-state index contributed by atoms with van der Waals surface area (Å²) >= 11 is 1.15. The molecule has 0 bridgehead atoms. The van der Waals surface area contributed by atoms with Crippen LogP contribution in [0.2, 0.25) is 0 Å². The molecule has 4 heavy (non-hydrogen) atoms.